The average molecular weight is 593 g/mol. The maximum Gasteiger partial charge on any atom is 0.256 e. The summed E-state index contributed by atoms with van der Waals surface area (Å²) in [6, 6.07) is 16.7. The Balaban J connectivity index is 1.52. The molecule has 0 aliphatic carbocycles. The number of anilines is 1. The van der Waals surface area contributed by atoms with E-state index in [1.54, 1.807) is 4.57 Å². The van der Waals surface area contributed by atoms with Crippen molar-refractivity contribution < 1.29 is 18.4 Å². The molecule has 0 saturated carbocycles. The molecule has 2 amide bonds. The topological polar surface area (TPSA) is 88.9 Å². The number of carbonyl (C=O) groups is 2. The van der Waals surface area contributed by atoms with Crippen LogP contribution >= 0.6 is 39.3 Å². The summed E-state index contributed by atoms with van der Waals surface area (Å²) in [5, 5.41) is 14.0. The van der Waals surface area contributed by atoms with Gasteiger partial charge in [0.05, 0.1) is 22.9 Å². The smallest absolute Gasteiger partial charge is 0.256 e. The van der Waals surface area contributed by atoms with Crippen molar-refractivity contribution in [1.29, 1.82) is 0 Å². The number of rotatable bonds is 8. The molecule has 184 valence electrons. The highest BCUT2D eigenvalue weighted by molar-refractivity contribution is 9.10. The fraction of sp³-hybridized carbons (Fsp3) is 0.0833. The lowest BCUT2D eigenvalue weighted by Gasteiger charge is -2.12. The molecule has 3 aromatic carbocycles. The van der Waals surface area contributed by atoms with E-state index in [9.17, 15) is 18.4 Å². The van der Waals surface area contributed by atoms with Crippen LogP contribution in [0.1, 0.15) is 16.2 Å². The number of amides is 2. The van der Waals surface area contributed by atoms with Gasteiger partial charge in [-0.05, 0) is 60.7 Å². The highest BCUT2D eigenvalue weighted by Gasteiger charge is 2.19. The molecule has 36 heavy (non-hydrogen) atoms. The molecule has 7 nitrogen and oxygen atoms in total. The maximum absolute atomic E-state index is 14.1. The van der Waals surface area contributed by atoms with E-state index in [0.717, 1.165) is 22.3 Å². The molecule has 0 fully saturated rings. The van der Waals surface area contributed by atoms with Gasteiger partial charge in [-0.15, -0.1) is 10.2 Å². The van der Waals surface area contributed by atoms with Crippen molar-refractivity contribution in [3.8, 4) is 5.69 Å². The lowest BCUT2D eigenvalue weighted by molar-refractivity contribution is -0.113. The standard InChI is InChI=1S/C24H17BrClF2N5O2S/c25-14-4-10-17(11-5-14)33-20(12-29-23(35)22-18(26)2-1-3-19(22)28)31-32-24(33)36-13-21(34)30-16-8-6-15(27)7-9-16/h1-11H,12-13H2,(H,29,35)(H,30,34). The van der Waals surface area contributed by atoms with Crippen LogP contribution in [0, 0.1) is 11.6 Å². The molecule has 0 aliphatic rings. The first-order chi connectivity index (χ1) is 17.3. The summed E-state index contributed by atoms with van der Waals surface area (Å²) in [4.78, 5) is 25.0. The molecule has 0 aliphatic heterocycles. The number of benzene rings is 3. The van der Waals surface area contributed by atoms with Gasteiger partial charge in [-0.1, -0.05) is 45.4 Å². The number of hydrogen-bond donors (Lipinski definition) is 2. The highest BCUT2D eigenvalue weighted by atomic mass is 79.9. The summed E-state index contributed by atoms with van der Waals surface area (Å²) < 4.78 is 29.8. The predicted octanol–water partition coefficient (Wildman–Crippen LogP) is 5.62. The van der Waals surface area contributed by atoms with Crippen LogP contribution in [0.5, 0.6) is 0 Å². The molecular weight excluding hydrogens is 576 g/mol. The van der Waals surface area contributed by atoms with E-state index in [4.69, 9.17) is 11.6 Å². The molecule has 1 heterocycles. The van der Waals surface area contributed by atoms with Crippen LogP contribution in [0.2, 0.25) is 5.02 Å². The Morgan fingerprint density at radius 3 is 2.42 bits per heavy atom. The number of halogens is 4. The van der Waals surface area contributed by atoms with E-state index in [0.29, 0.717) is 22.4 Å². The van der Waals surface area contributed by atoms with Crippen molar-refractivity contribution in [2.75, 3.05) is 11.1 Å². The summed E-state index contributed by atoms with van der Waals surface area (Å²) in [6.45, 7) is -0.0745. The zero-order valence-electron chi connectivity index (χ0n) is 18.3. The Bertz CT molecular complexity index is 1380. The van der Waals surface area contributed by atoms with Crippen LogP contribution in [0.3, 0.4) is 0 Å². The van der Waals surface area contributed by atoms with Crippen LogP contribution < -0.4 is 10.6 Å². The van der Waals surface area contributed by atoms with E-state index in [-0.39, 0.29) is 28.8 Å². The number of nitrogens with zero attached hydrogens (tertiary/aromatic N) is 3. The second-order valence-corrected chi connectivity index (χ2v) is 9.60. The van der Waals surface area contributed by atoms with Crippen LogP contribution in [0.4, 0.5) is 14.5 Å². The Labute approximate surface area is 222 Å². The van der Waals surface area contributed by atoms with Crippen molar-refractivity contribution in [1.82, 2.24) is 20.1 Å². The molecular formula is C24H17BrClF2N5O2S. The zero-order chi connectivity index (χ0) is 25.7. The fourth-order valence-electron chi connectivity index (χ4n) is 3.18. The van der Waals surface area contributed by atoms with Crippen molar-refractivity contribution in [3.63, 3.8) is 0 Å². The lowest BCUT2D eigenvalue weighted by Crippen LogP contribution is -2.26. The minimum absolute atomic E-state index is 0.00321. The number of aromatic nitrogens is 3. The van der Waals surface area contributed by atoms with Gasteiger partial charge in [0, 0.05) is 15.8 Å². The third-order valence-electron chi connectivity index (χ3n) is 4.84. The monoisotopic (exact) mass is 591 g/mol. The molecule has 1 aromatic heterocycles. The fourth-order valence-corrected chi connectivity index (χ4v) is 4.46. The molecule has 0 radical (unpaired) electrons. The Hall–Kier alpha value is -3.28. The van der Waals surface area contributed by atoms with Crippen LogP contribution in [0.25, 0.3) is 5.69 Å². The van der Waals surface area contributed by atoms with Gasteiger partial charge < -0.3 is 10.6 Å². The number of thioether (sulfide) groups is 1. The number of carbonyl (C=O) groups excluding carboxylic acids is 2. The zero-order valence-corrected chi connectivity index (χ0v) is 21.5. The van der Waals surface area contributed by atoms with E-state index in [1.165, 1.54) is 36.4 Å². The Morgan fingerprint density at radius 2 is 1.72 bits per heavy atom. The second kappa shape index (κ2) is 11.6. The summed E-state index contributed by atoms with van der Waals surface area (Å²) in [7, 11) is 0. The number of hydrogen-bond acceptors (Lipinski definition) is 5. The van der Waals surface area contributed by atoms with Crippen molar-refractivity contribution in [3.05, 3.63) is 99.2 Å². The van der Waals surface area contributed by atoms with E-state index >= 15 is 0 Å². The predicted molar refractivity (Wildman–Crippen MR) is 137 cm³/mol. The number of nitrogens with one attached hydrogen (secondary N) is 2. The molecule has 2 N–H and O–H groups in total. The molecule has 0 spiro atoms. The maximum atomic E-state index is 14.1. The Morgan fingerprint density at radius 1 is 1.00 bits per heavy atom. The van der Waals surface area contributed by atoms with Crippen LogP contribution in [-0.2, 0) is 11.3 Å². The highest BCUT2D eigenvalue weighted by Crippen LogP contribution is 2.24. The first-order valence-corrected chi connectivity index (χ1v) is 12.6. The summed E-state index contributed by atoms with van der Waals surface area (Å²) in [5.74, 6) is -1.79. The van der Waals surface area contributed by atoms with Gasteiger partial charge >= 0.3 is 0 Å². The van der Waals surface area contributed by atoms with Gasteiger partial charge in [0.15, 0.2) is 11.0 Å². The molecule has 0 atom stereocenters. The largest absolute Gasteiger partial charge is 0.345 e. The van der Waals surface area contributed by atoms with Gasteiger partial charge in [0.2, 0.25) is 5.91 Å². The summed E-state index contributed by atoms with van der Waals surface area (Å²) in [6.07, 6.45) is 0. The first-order valence-electron chi connectivity index (χ1n) is 10.4. The normalized spacial score (nSPS) is 10.8. The summed E-state index contributed by atoms with van der Waals surface area (Å²) in [5.41, 5.74) is 0.894. The lowest BCUT2D eigenvalue weighted by atomic mass is 10.2. The van der Waals surface area contributed by atoms with Gasteiger partial charge in [0.25, 0.3) is 5.91 Å². The minimum atomic E-state index is -0.738. The molecule has 0 saturated heterocycles. The minimum Gasteiger partial charge on any atom is -0.345 e. The SMILES string of the molecule is O=C(CSc1nnc(CNC(=O)c2c(F)cccc2Cl)n1-c1ccc(Br)cc1)Nc1ccc(F)cc1. The molecule has 4 aromatic rings. The van der Waals surface area contributed by atoms with Crippen LogP contribution in [-0.4, -0.2) is 32.3 Å². The third kappa shape index (κ3) is 6.28. The van der Waals surface area contributed by atoms with Gasteiger partial charge in [-0.25, -0.2) is 8.78 Å². The van der Waals surface area contributed by atoms with E-state index in [2.05, 4.69) is 36.8 Å². The van der Waals surface area contributed by atoms with Crippen molar-refractivity contribution in [2.24, 2.45) is 0 Å². The van der Waals surface area contributed by atoms with E-state index < -0.39 is 17.5 Å². The van der Waals surface area contributed by atoms with Crippen molar-refractivity contribution in [2.45, 2.75) is 11.7 Å². The summed E-state index contributed by atoms with van der Waals surface area (Å²) >= 11 is 10.5. The third-order valence-corrected chi connectivity index (χ3v) is 6.62. The molecule has 0 bridgehead atoms. The average Bonchev–Trinajstić information content (AvgIpc) is 3.26. The molecule has 12 heteroatoms. The van der Waals surface area contributed by atoms with Gasteiger partial charge in [-0.3, -0.25) is 14.2 Å². The van der Waals surface area contributed by atoms with Gasteiger partial charge in [-0.2, -0.15) is 0 Å². The second-order valence-electron chi connectivity index (χ2n) is 7.33. The van der Waals surface area contributed by atoms with Gasteiger partial charge in [0.1, 0.15) is 11.6 Å². The van der Waals surface area contributed by atoms with Crippen LogP contribution in [0.15, 0.2) is 76.4 Å². The molecule has 0 unspecified atom stereocenters. The Kier molecular flexibility index (Phi) is 8.34. The first kappa shape index (κ1) is 25.8. The van der Waals surface area contributed by atoms with Crippen molar-refractivity contribution >= 4 is 56.8 Å². The quantitative estimate of drug-likeness (QED) is 0.259. The molecule has 4 rings (SSSR count). The van der Waals surface area contributed by atoms with E-state index in [1.807, 2.05) is 24.3 Å².